The Bertz CT molecular complexity index is 887. The van der Waals surface area contributed by atoms with Crippen molar-refractivity contribution in [2.45, 2.75) is 12.3 Å². The lowest BCUT2D eigenvalue weighted by atomic mass is 10.1. The van der Waals surface area contributed by atoms with Gasteiger partial charge in [-0.05, 0) is 23.3 Å². The van der Waals surface area contributed by atoms with Crippen LogP contribution in [0.5, 0.6) is 0 Å². The van der Waals surface area contributed by atoms with Crippen molar-refractivity contribution < 1.29 is 13.2 Å². The second-order valence-electron chi connectivity index (χ2n) is 6.08. The van der Waals surface area contributed by atoms with Gasteiger partial charge in [0.05, 0.1) is 25.5 Å². The highest BCUT2D eigenvalue weighted by atomic mass is 127. The molecule has 0 amide bonds. The Balaban J connectivity index is 0.00000280. The summed E-state index contributed by atoms with van der Waals surface area (Å²) in [5.74, 6) is 0.758. The average Bonchev–Trinajstić information content (AvgIpc) is 2.68. The van der Waals surface area contributed by atoms with Gasteiger partial charge in [-0.2, -0.15) is 4.31 Å². The fourth-order valence-electron chi connectivity index (χ4n) is 2.74. The molecule has 0 unspecified atom stereocenters. The van der Waals surface area contributed by atoms with Gasteiger partial charge in [-0.15, -0.1) is 24.0 Å². The molecule has 0 spiro atoms. The van der Waals surface area contributed by atoms with E-state index in [0.717, 1.165) is 11.1 Å². The molecule has 152 valence electrons. The van der Waals surface area contributed by atoms with E-state index in [0.29, 0.717) is 32.1 Å². The molecule has 2 heterocycles. The third kappa shape index (κ3) is 6.40. The van der Waals surface area contributed by atoms with E-state index < -0.39 is 10.0 Å². The first-order valence-electron chi connectivity index (χ1n) is 8.65. The quantitative estimate of drug-likeness (QED) is 0.344. The maximum Gasteiger partial charge on any atom is 0.218 e. The second-order valence-corrected chi connectivity index (χ2v) is 8.05. The molecule has 10 heteroatoms. The zero-order valence-corrected chi connectivity index (χ0v) is 18.5. The largest absolute Gasteiger partial charge is 0.379 e. The number of benzene rings is 1. The molecule has 0 atom stereocenters. The number of pyridine rings is 1. The lowest BCUT2D eigenvalue weighted by Crippen LogP contribution is -2.41. The summed E-state index contributed by atoms with van der Waals surface area (Å²) in [5, 5.41) is 2.91. The van der Waals surface area contributed by atoms with Crippen molar-refractivity contribution in [3.05, 3.63) is 59.8 Å². The minimum atomic E-state index is -3.40. The number of morpholine rings is 1. The van der Waals surface area contributed by atoms with Crippen LogP contribution in [0.3, 0.4) is 0 Å². The standard InChI is InChI=1S/C18H23N5O3S.HI/c19-18(22-17-7-3-4-8-20-17)21-13-15-5-1-2-6-16(15)14-27(24,25)23-9-11-26-12-10-23;/h1-8H,9-14H2,(H3,19,20,21,22);1H. The maximum atomic E-state index is 12.7. The van der Waals surface area contributed by atoms with E-state index >= 15 is 0 Å². The highest BCUT2D eigenvalue weighted by Gasteiger charge is 2.25. The number of sulfonamides is 1. The molecule has 2 aromatic rings. The fourth-order valence-corrected chi connectivity index (χ4v) is 4.31. The number of nitrogens with two attached hydrogens (primary N) is 1. The molecule has 1 fully saturated rings. The lowest BCUT2D eigenvalue weighted by Gasteiger charge is -2.26. The Hall–Kier alpha value is -1.76. The monoisotopic (exact) mass is 517 g/mol. The lowest BCUT2D eigenvalue weighted by molar-refractivity contribution is 0.0729. The van der Waals surface area contributed by atoms with E-state index in [9.17, 15) is 8.42 Å². The third-order valence-electron chi connectivity index (χ3n) is 4.16. The van der Waals surface area contributed by atoms with Gasteiger partial charge >= 0.3 is 0 Å². The number of aromatic nitrogens is 1. The van der Waals surface area contributed by atoms with Gasteiger partial charge in [0.1, 0.15) is 5.82 Å². The van der Waals surface area contributed by atoms with Crippen LogP contribution in [0.15, 0.2) is 53.7 Å². The first-order chi connectivity index (χ1) is 13.0. The van der Waals surface area contributed by atoms with Gasteiger partial charge in [0, 0.05) is 19.3 Å². The molecular formula is C18H24IN5O3S. The molecule has 28 heavy (non-hydrogen) atoms. The van der Waals surface area contributed by atoms with Crippen molar-refractivity contribution in [2.75, 3.05) is 31.6 Å². The van der Waals surface area contributed by atoms with E-state index in [1.165, 1.54) is 4.31 Å². The topological polar surface area (TPSA) is 110 Å². The number of ether oxygens (including phenoxy) is 1. The van der Waals surface area contributed by atoms with Gasteiger partial charge in [0.25, 0.3) is 0 Å². The fraction of sp³-hybridized carbons (Fsp3) is 0.333. The van der Waals surface area contributed by atoms with Gasteiger partial charge in [-0.25, -0.2) is 18.4 Å². The third-order valence-corrected chi connectivity index (χ3v) is 5.99. The second kappa shape index (κ2) is 10.7. The maximum absolute atomic E-state index is 12.7. The van der Waals surface area contributed by atoms with Crippen molar-refractivity contribution in [3.8, 4) is 0 Å². The van der Waals surface area contributed by atoms with Crippen molar-refractivity contribution in [1.29, 1.82) is 0 Å². The summed E-state index contributed by atoms with van der Waals surface area (Å²) in [6, 6.07) is 12.8. The number of anilines is 1. The molecule has 1 aromatic carbocycles. The van der Waals surface area contributed by atoms with Crippen LogP contribution in [0.4, 0.5) is 5.82 Å². The zero-order valence-electron chi connectivity index (χ0n) is 15.3. The number of hydrogen-bond acceptors (Lipinski definition) is 5. The SMILES string of the molecule is I.NC(=NCc1ccccc1CS(=O)(=O)N1CCOCC1)Nc1ccccn1. The Morgan fingerprint density at radius 2 is 1.82 bits per heavy atom. The molecular weight excluding hydrogens is 493 g/mol. The molecule has 3 N–H and O–H groups in total. The average molecular weight is 517 g/mol. The first kappa shape index (κ1) is 22.5. The number of hydrogen-bond donors (Lipinski definition) is 2. The van der Waals surface area contributed by atoms with Crippen molar-refractivity contribution in [2.24, 2.45) is 10.7 Å². The number of guanidine groups is 1. The molecule has 0 saturated carbocycles. The van der Waals surface area contributed by atoms with Crippen LogP contribution < -0.4 is 11.1 Å². The minimum absolute atomic E-state index is 0. The van der Waals surface area contributed by atoms with Crippen LogP contribution in [0.2, 0.25) is 0 Å². The summed E-state index contributed by atoms with van der Waals surface area (Å²) < 4.78 is 32.1. The van der Waals surface area contributed by atoms with E-state index in [-0.39, 0.29) is 42.2 Å². The summed E-state index contributed by atoms with van der Waals surface area (Å²) in [6.45, 7) is 1.93. The number of halogens is 1. The number of nitrogens with one attached hydrogen (secondary N) is 1. The molecule has 0 aliphatic carbocycles. The van der Waals surface area contributed by atoms with Crippen molar-refractivity contribution in [1.82, 2.24) is 9.29 Å². The van der Waals surface area contributed by atoms with Gasteiger partial charge in [0.2, 0.25) is 10.0 Å². The highest BCUT2D eigenvalue weighted by Crippen LogP contribution is 2.17. The van der Waals surface area contributed by atoms with Crippen LogP contribution in [0.1, 0.15) is 11.1 Å². The number of nitrogens with zero attached hydrogens (tertiary/aromatic N) is 3. The Morgan fingerprint density at radius 3 is 2.50 bits per heavy atom. The summed E-state index contributed by atoms with van der Waals surface area (Å²) in [5.41, 5.74) is 7.45. The van der Waals surface area contributed by atoms with Crippen LogP contribution in [0, 0.1) is 0 Å². The van der Waals surface area contributed by atoms with Crippen LogP contribution in [-0.2, 0) is 27.1 Å². The van der Waals surface area contributed by atoms with Gasteiger partial charge in [0.15, 0.2) is 5.96 Å². The summed E-state index contributed by atoms with van der Waals surface area (Å²) in [7, 11) is -3.40. The normalized spacial score (nSPS) is 15.6. The Kier molecular flexibility index (Phi) is 8.60. The van der Waals surface area contributed by atoms with Gasteiger partial charge < -0.3 is 15.8 Å². The first-order valence-corrected chi connectivity index (χ1v) is 10.3. The summed E-state index contributed by atoms with van der Waals surface area (Å²) >= 11 is 0. The van der Waals surface area contributed by atoms with Crippen molar-refractivity contribution in [3.63, 3.8) is 0 Å². The number of rotatable bonds is 6. The molecule has 0 radical (unpaired) electrons. The van der Waals surface area contributed by atoms with Gasteiger partial charge in [-0.1, -0.05) is 30.3 Å². The molecule has 8 nitrogen and oxygen atoms in total. The van der Waals surface area contributed by atoms with E-state index in [2.05, 4.69) is 15.3 Å². The van der Waals surface area contributed by atoms with Crippen LogP contribution >= 0.6 is 24.0 Å². The number of aliphatic imine (C=N–C) groups is 1. The molecule has 1 saturated heterocycles. The van der Waals surface area contributed by atoms with E-state index in [4.69, 9.17) is 10.5 Å². The minimum Gasteiger partial charge on any atom is -0.379 e. The zero-order chi connectivity index (χ0) is 19.1. The summed E-state index contributed by atoms with van der Waals surface area (Å²) in [6.07, 6.45) is 1.65. The molecule has 1 aliphatic rings. The van der Waals surface area contributed by atoms with E-state index in [1.54, 1.807) is 12.3 Å². The van der Waals surface area contributed by atoms with E-state index in [1.807, 2.05) is 36.4 Å². The Morgan fingerprint density at radius 1 is 1.14 bits per heavy atom. The summed E-state index contributed by atoms with van der Waals surface area (Å²) in [4.78, 5) is 8.43. The molecule has 3 rings (SSSR count). The van der Waals surface area contributed by atoms with Crippen LogP contribution in [0.25, 0.3) is 0 Å². The van der Waals surface area contributed by atoms with Gasteiger partial charge in [-0.3, -0.25) is 0 Å². The predicted molar refractivity (Wildman–Crippen MR) is 120 cm³/mol. The molecule has 1 aliphatic heterocycles. The molecule has 0 bridgehead atoms. The highest BCUT2D eigenvalue weighted by molar-refractivity contribution is 14.0. The molecule has 1 aromatic heterocycles. The van der Waals surface area contributed by atoms with Crippen molar-refractivity contribution >= 4 is 45.8 Å². The smallest absolute Gasteiger partial charge is 0.218 e. The van der Waals surface area contributed by atoms with Crippen LogP contribution in [-0.4, -0.2) is 50.0 Å². The predicted octanol–water partition coefficient (Wildman–Crippen LogP) is 1.79. The Labute approximate surface area is 182 Å².